The summed E-state index contributed by atoms with van der Waals surface area (Å²) in [6, 6.07) is 44.6. The number of hydrogen-bond acceptors (Lipinski definition) is 7. The maximum atomic E-state index is 12.5. The number of rotatable bonds is 16. The molecule has 0 aromatic heterocycles. The van der Waals surface area contributed by atoms with Crippen molar-refractivity contribution in [3.05, 3.63) is 172 Å². The summed E-state index contributed by atoms with van der Waals surface area (Å²) in [4.78, 5) is 12.5. The molecule has 0 N–H and O–H groups in total. The van der Waals surface area contributed by atoms with Crippen molar-refractivity contribution < 1.29 is 33.2 Å². The van der Waals surface area contributed by atoms with Crippen LogP contribution in [-0.2, 0) is 60.5 Å². The molecule has 0 saturated carbocycles. The number of carbonyl (C=O) groups is 1. The smallest absolute Gasteiger partial charge is 0.225 e. The van der Waals surface area contributed by atoms with Gasteiger partial charge >= 0.3 is 0 Å². The zero-order valence-electron chi connectivity index (χ0n) is 29.8. The fraction of sp³-hybridized carbons (Fsp3) is 0.311. The molecule has 0 unspecified atom stereocenters. The lowest BCUT2D eigenvalue weighted by molar-refractivity contribution is -0.349. The molecular formula is C45H46O7. The van der Waals surface area contributed by atoms with Crippen LogP contribution >= 0.6 is 0 Å². The van der Waals surface area contributed by atoms with Crippen LogP contribution in [0.5, 0.6) is 5.75 Å². The summed E-state index contributed by atoms with van der Waals surface area (Å²) in [6.07, 6.45) is -0.458. The third-order valence-corrected chi connectivity index (χ3v) is 10.0. The van der Waals surface area contributed by atoms with Crippen LogP contribution in [0.1, 0.15) is 52.3 Å². The van der Waals surface area contributed by atoms with Gasteiger partial charge in [0.2, 0.25) is 5.79 Å². The predicted molar refractivity (Wildman–Crippen MR) is 199 cm³/mol. The second-order valence-corrected chi connectivity index (χ2v) is 13.6. The van der Waals surface area contributed by atoms with Crippen LogP contribution in [0.4, 0.5) is 0 Å². The number of aldehydes is 1. The Kier molecular flexibility index (Phi) is 11.3. The van der Waals surface area contributed by atoms with Crippen LogP contribution < -0.4 is 4.74 Å². The number of aryl methyl sites for hydroxylation is 1. The van der Waals surface area contributed by atoms with Crippen molar-refractivity contribution in [2.75, 3.05) is 13.2 Å². The molecule has 7 heteroatoms. The zero-order valence-corrected chi connectivity index (χ0v) is 29.8. The molecule has 2 saturated heterocycles. The van der Waals surface area contributed by atoms with Gasteiger partial charge in [-0.3, -0.25) is 0 Å². The SMILES string of the molecule is CCOc1ccc(Cc2cc([C@]34OC[C@](CC=O)(O3)[C@@H](OCc3ccccc3)[C@H](OCc3ccccc3)[C@H]4OCc3ccccc3)ccc2C)cc1. The molecule has 0 spiro atoms. The molecule has 268 valence electrons. The summed E-state index contributed by atoms with van der Waals surface area (Å²) >= 11 is 0. The minimum Gasteiger partial charge on any atom is -0.494 e. The molecule has 0 aliphatic carbocycles. The monoisotopic (exact) mass is 698 g/mol. The minimum atomic E-state index is -1.38. The number of fused-ring (bicyclic) bond motifs is 2. The highest BCUT2D eigenvalue weighted by molar-refractivity contribution is 5.53. The van der Waals surface area contributed by atoms with Gasteiger partial charge in [-0.15, -0.1) is 0 Å². The van der Waals surface area contributed by atoms with E-state index in [4.69, 9.17) is 28.4 Å². The Morgan fingerprint density at radius 2 is 1.27 bits per heavy atom. The molecule has 5 aromatic rings. The maximum absolute atomic E-state index is 12.5. The van der Waals surface area contributed by atoms with Crippen LogP contribution in [0, 0.1) is 6.92 Å². The summed E-state index contributed by atoms with van der Waals surface area (Å²) in [5.41, 5.74) is 6.13. The lowest BCUT2D eigenvalue weighted by Crippen LogP contribution is -2.66. The maximum Gasteiger partial charge on any atom is 0.225 e. The quantitative estimate of drug-likeness (QED) is 0.0961. The Bertz CT molecular complexity index is 1880. The fourth-order valence-electron chi connectivity index (χ4n) is 7.29. The van der Waals surface area contributed by atoms with E-state index in [9.17, 15) is 4.79 Å². The number of hydrogen-bond donors (Lipinski definition) is 0. The molecule has 52 heavy (non-hydrogen) atoms. The van der Waals surface area contributed by atoms with E-state index in [2.05, 4.69) is 31.2 Å². The molecule has 7 rings (SSSR count). The third-order valence-electron chi connectivity index (χ3n) is 10.0. The van der Waals surface area contributed by atoms with E-state index < -0.39 is 29.7 Å². The molecule has 2 fully saturated rings. The fourth-order valence-corrected chi connectivity index (χ4v) is 7.29. The minimum absolute atomic E-state index is 0.0652. The second kappa shape index (κ2) is 16.4. The van der Waals surface area contributed by atoms with Gasteiger partial charge in [0.1, 0.15) is 35.9 Å². The molecular weight excluding hydrogens is 652 g/mol. The average molecular weight is 699 g/mol. The van der Waals surface area contributed by atoms with Gasteiger partial charge in [-0.05, 0) is 71.8 Å². The number of ether oxygens (including phenoxy) is 6. The van der Waals surface area contributed by atoms with E-state index in [-0.39, 0.29) is 13.0 Å². The van der Waals surface area contributed by atoms with Crippen LogP contribution in [0.3, 0.4) is 0 Å². The van der Waals surface area contributed by atoms with Gasteiger partial charge < -0.3 is 33.2 Å². The van der Waals surface area contributed by atoms with Crippen molar-refractivity contribution in [1.82, 2.24) is 0 Å². The molecule has 2 bridgehead atoms. The lowest BCUT2D eigenvalue weighted by atomic mass is 9.81. The first kappa shape index (κ1) is 35.8. The first-order chi connectivity index (χ1) is 25.5. The Hall–Kier alpha value is -4.63. The van der Waals surface area contributed by atoms with Gasteiger partial charge in [-0.25, -0.2) is 0 Å². The number of carbonyl (C=O) groups excluding carboxylic acids is 1. The first-order valence-corrected chi connectivity index (χ1v) is 18.1. The van der Waals surface area contributed by atoms with Crippen molar-refractivity contribution >= 4 is 6.29 Å². The van der Waals surface area contributed by atoms with Gasteiger partial charge in [0.15, 0.2) is 0 Å². The van der Waals surface area contributed by atoms with E-state index >= 15 is 0 Å². The predicted octanol–water partition coefficient (Wildman–Crippen LogP) is 8.28. The van der Waals surface area contributed by atoms with Crippen LogP contribution in [0.2, 0.25) is 0 Å². The van der Waals surface area contributed by atoms with Crippen molar-refractivity contribution in [1.29, 1.82) is 0 Å². The van der Waals surface area contributed by atoms with Crippen LogP contribution in [-0.4, -0.2) is 43.4 Å². The van der Waals surface area contributed by atoms with E-state index in [1.54, 1.807) is 0 Å². The molecule has 7 nitrogen and oxygen atoms in total. The van der Waals surface area contributed by atoms with Gasteiger partial charge in [0.25, 0.3) is 0 Å². The van der Waals surface area contributed by atoms with Crippen molar-refractivity contribution in [2.45, 2.75) is 76.2 Å². The highest BCUT2D eigenvalue weighted by atomic mass is 16.8. The molecule has 0 amide bonds. The van der Waals surface area contributed by atoms with E-state index in [1.807, 2.05) is 116 Å². The Labute approximate surface area is 306 Å². The van der Waals surface area contributed by atoms with Crippen molar-refractivity contribution in [3.63, 3.8) is 0 Å². The molecule has 2 aliphatic heterocycles. The second-order valence-electron chi connectivity index (χ2n) is 13.6. The van der Waals surface area contributed by atoms with Gasteiger partial charge in [-0.1, -0.05) is 115 Å². The normalized spacial score (nSPS) is 23.7. The summed E-state index contributed by atoms with van der Waals surface area (Å²) < 4.78 is 40.4. The Morgan fingerprint density at radius 1 is 0.692 bits per heavy atom. The van der Waals surface area contributed by atoms with E-state index in [0.717, 1.165) is 51.0 Å². The van der Waals surface area contributed by atoms with Gasteiger partial charge in [0, 0.05) is 12.0 Å². The Morgan fingerprint density at radius 3 is 1.85 bits per heavy atom. The number of benzene rings is 5. The summed E-state index contributed by atoms with van der Waals surface area (Å²) in [5.74, 6) is -0.534. The third kappa shape index (κ3) is 7.75. The highest BCUT2D eigenvalue weighted by Crippen LogP contribution is 2.54. The summed E-state index contributed by atoms with van der Waals surface area (Å²) in [6.45, 7) is 5.75. The van der Waals surface area contributed by atoms with Crippen LogP contribution in [0.15, 0.2) is 133 Å². The molecule has 5 atom stereocenters. The standard InChI is InChI=1S/C45H46O7/c1-3-47-40-23-20-34(21-24-40)27-38-28-39(22-19-33(38)2)45-43(50-31-37-17-11-6-12-18-37)41(48-29-35-13-7-4-8-14-35)42(44(52-45,25-26-46)32-51-45)49-30-36-15-9-5-10-16-36/h4-24,26,28,41-43H,3,25,27,29-32H2,1-2H3/t41-,42-,43+,44-,45-/m0/s1. The summed E-state index contributed by atoms with van der Waals surface area (Å²) in [5, 5.41) is 0. The van der Waals surface area contributed by atoms with Gasteiger partial charge in [0.05, 0.1) is 33.0 Å². The van der Waals surface area contributed by atoms with Crippen molar-refractivity contribution in [3.8, 4) is 5.75 Å². The molecule has 0 radical (unpaired) electrons. The highest BCUT2D eigenvalue weighted by Gasteiger charge is 2.69. The lowest BCUT2D eigenvalue weighted by Gasteiger charge is -2.50. The van der Waals surface area contributed by atoms with E-state index in [0.29, 0.717) is 32.8 Å². The molecule has 2 aliphatic rings. The van der Waals surface area contributed by atoms with Crippen LogP contribution in [0.25, 0.3) is 0 Å². The van der Waals surface area contributed by atoms with Crippen molar-refractivity contribution in [2.24, 2.45) is 0 Å². The largest absolute Gasteiger partial charge is 0.494 e. The molecule has 5 aromatic carbocycles. The topological polar surface area (TPSA) is 72.5 Å². The van der Waals surface area contributed by atoms with E-state index in [1.165, 1.54) is 0 Å². The zero-order chi connectivity index (χ0) is 35.8. The summed E-state index contributed by atoms with van der Waals surface area (Å²) in [7, 11) is 0. The average Bonchev–Trinajstić information content (AvgIpc) is 3.53. The molecule has 2 heterocycles. The van der Waals surface area contributed by atoms with Gasteiger partial charge in [-0.2, -0.15) is 0 Å². The first-order valence-electron chi connectivity index (χ1n) is 18.1. The Balaban J connectivity index is 1.30.